The maximum Gasteiger partial charge on any atom is 0.336 e. The summed E-state index contributed by atoms with van der Waals surface area (Å²) in [5.74, 6) is -0.320. The van der Waals surface area contributed by atoms with Crippen LogP contribution in [-0.2, 0) is 37.6 Å². The lowest BCUT2D eigenvalue weighted by Gasteiger charge is -2.31. The number of H-pyrrole nitrogens is 1. The van der Waals surface area contributed by atoms with Crippen LogP contribution < -0.4 is 26.6 Å². The van der Waals surface area contributed by atoms with E-state index in [1.165, 1.54) is 0 Å². The van der Waals surface area contributed by atoms with Crippen molar-refractivity contribution in [2.75, 3.05) is 24.6 Å². The van der Waals surface area contributed by atoms with Gasteiger partial charge in [0.2, 0.25) is 5.95 Å². The van der Waals surface area contributed by atoms with E-state index in [9.17, 15) is 27.8 Å². The van der Waals surface area contributed by atoms with Crippen LogP contribution in [0.3, 0.4) is 0 Å². The average Bonchev–Trinajstić information content (AvgIpc) is 3.72. The molecule has 0 spiro atoms. The lowest BCUT2D eigenvalue weighted by atomic mass is 10.1. The molecule has 7 heterocycles. The van der Waals surface area contributed by atoms with Crippen LogP contribution in [0.4, 0.5) is 16.2 Å². The van der Waals surface area contributed by atoms with Crippen LogP contribution in [0.2, 0.25) is 0 Å². The highest BCUT2D eigenvalue weighted by atomic mass is 32.2. The van der Waals surface area contributed by atoms with Crippen LogP contribution in [0.5, 0.6) is 0 Å². The Morgan fingerprint density at radius 3 is 2.53 bits per heavy atom. The van der Waals surface area contributed by atoms with E-state index in [0.29, 0.717) is 0 Å². The van der Waals surface area contributed by atoms with E-state index in [0.717, 1.165) is 28.1 Å². The van der Waals surface area contributed by atoms with Gasteiger partial charge < -0.3 is 40.0 Å². The number of phosphoric ester groups is 1. The van der Waals surface area contributed by atoms with Gasteiger partial charge in [-0.05, 0) is 0 Å². The van der Waals surface area contributed by atoms with Gasteiger partial charge >= 0.3 is 10.3 Å². The minimum atomic E-state index is -5.40. The molecule has 3 aliphatic rings. The number of nitrogens with two attached hydrogens (primary N) is 2. The summed E-state index contributed by atoms with van der Waals surface area (Å²) in [6, 6.07) is 0. The summed E-state index contributed by atoms with van der Waals surface area (Å²) in [6.07, 6.45) is -10.7. The Morgan fingerprint density at radius 1 is 1.04 bits per heavy atom. The number of aliphatic hydroxyl groups excluding tert-OH is 1. The molecule has 45 heavy (non-hydrogen) atoms. The van der Waals surface area contributed by atoms with E-state index >= 15 is 4.39 Å². The highest BCUT2D eigenvalue weighted by molar-refractivity contribution is 7.84. The number of alkyl halides is 1. The molecule has 7 N–H and O–H groups in total. The van der Waals surface area contributed by atoms with Gasteiger partial charge in [-0.25, -0.2) is 28.5 Å². The normalized spacial score (nSPS) is 35.5. The third-order valence-corrected chi connectivity index (χ3v) is 9.28. The first-order chi connectivity index (χ1) is 21.3. The van der Waals surface area contributed by atoms with Crippen molar-refractivity contribution in [3.63, 3.8) is 0 Å². The zero-order valence-corrected chi connectivity index (χ0v) is 24.0. The lowest BCUT2D eigenvalue weighted by molar-refractivity contribution is -0.237. The molecule has 7 rings (SSSR count). The topological polar surface area (TPSA) is 312 Å². The average molecular weight is 675 g/mol. The van der Waals surface area contributed by atoms with Crippen molar-refractivity contribution < 1.29 is 50.1 Å². The minimum absolute atomic E-state index is 0.0161. The van der Waals surface area contributed by atoms with Crippen molar-refractivity contribution >= 4 is 52.2 Å². The van der Waals surface area contributed by atoms with E-state index in [1.807, 2.05) is 4.72 Å². The highest BCUT2D eigenvalue weighted by Crippen LogP contribution is 2.47. The van der Waals surface area contributed by atoms with Gasteiger partial charge in [0.25, 0.3) is 13.4 Å². The molecule has 25 heteroatoms. The number of phosphoric acid groups is 1. The first-order valence-corrected chi connectivity index (χ1v) is 15.8. The van der Waals surface area contributed by atoms with E-state index in [2.05, 4.69) is 29.9 Å². The Balaban J connectivity index is 1.21. The molecule has 0 saturated carbocycles. The zero-order valence-electron chi connectivity index (χ0n) is 22.3. The van der Waals surface area contributed by atoms with Crippen LogP contribution in [0.25, 0.3) is 22.3 Å². The summed E-state index contributed by atoms with van der Waals surface area (Å²) >= 11 is 0. The fraction of sp³-hybridized carbons (Fsp3) is 0.500. The van der Waals surface area contributed by atoms with Crippen molar-refractivity contribution in [3.8, 4) is 0 Å². The Labute approximate surface area is 249 Å². The number of imidazole rings is 2. The molecule has 0 radical (unpaired) electrons. The van der Waals surface area contributed by atoms with Crippen molar-refractivity contribution in [1.29, 1.82) is 0 Å². The number of aromatic nitrogens is 8. The highest BCUT2D eigenvalue weighted by Gasteiger charge is 2.52. The lowest BCUT2D eigenvalue weighted by Crippen LogP contribution is -2.43. The van der Waals surface area contributed by atoms with Gasteiger partial charge in [-0.1, -0.05) is 0 Å². The molecule has 3 fully saturated rings. The molecule has 3 aliphatic heterocycles. The molecular formula is C20H22FN11O11PS-. The van der Waals surface area contributed by atoms with E-state index in [4.69, 9.17) is 34.2 Å². The van der Waals surface area contributed by atoms with Crippen molar-refractivity contribution in [1.82, 2.24) is 43.8 Å². The van der Waals surface area contributed by atoms with Crippen molar-refractivity contribution in [2.45, 2.75) is 49.1 Å². The fourth-order valence-electron chi connectivity index (χ4n) is 5.29. The molecular weight excluding hydrogens is 652 g/mol. The Bertz CT molecular complexity index is 2010. The number of aromatic amines is 1. The number of rotatable bonds is 2. The SMILES string of the molecule is Nc1nc2c(ncn2[C@@H]2O[C@@H]3CNS(=O)(=O)O[C@H]4[C@@H](F)[C@H](n5cnc6c(N)ncnc65)O[C@@H]4COP(=O)([O-])O[C@@H]2[C@@H]3O)c(=O)[nH]1. The fourth-order valence-corrected chi connectivity index (χ4v) is 7.16. The van der Waals surface area contributed by atoms with Crippen LogP contribution in [0, 0.1) is 0 Å². The Hall–Kier alpha value is -3.71. The van der Waals surface area contributed by atoms with Crippen LogP contribution in [0.15, 0.2) is 23.8 Å². The number of nitrogen functional groups attached to an aromatic ring is 2. The number of hydrogen-bond acceptors (Lipinski definition) is 18. The third kappa shape index (κ3) is 5.23. The first-order valence-electron chi connectivity index (χ1n) is 12.9. The molecule has 0 amide bonds. The number of halogens is 1. The number of hydrogen-bond donors (Lipinski definition) is 5. The van der Waals surface area contributed by atoms with Gasteiger partial charge in [0, 0.05) is 6.54 Å². The number of anilines is 2. The first kappa shape index (κ1) is 30.0. The molecule has 3 saturated heterocycles. The predicted octanol–water partition coefficient (Wildman–Crippen LogP) is -3.28. The molecule has 0 aliphatic carbocycles. The summed E-state index contributed by atoms with van der Waals surface area (Å²) in [4.78, 5) is 47.3. The van der Waals surface area contributed by atoms with Crippen LogP contribution in [0.1, 0.15) is 12.5 Å². The van der Waals surface area contributed by atoms with Crippen LogP contribution >= 0.6 is 7.82 Å². The molecule has 2 bridgehead atoms. The van der Waals surface area contributed by atoms with E-state index < -0.39 is 86.0 Å². The molecule has 22 nitrogen and oxygen atoms in total. The van der Waals surface area contributed by atoms with Gasteiger partial charge in [-0.15, -0.1) is 0 Å². The number of nitrogens with one attached hydrogen (secondary N) is 2. The molecule has 4 aromatic rings. The molecule has 242 valence electrons. The maximum absolute atomic E-state index is 15.9. The molecule has 1 unspecified atom stereocenters. The largest absolute Gasteiger partial charge is 0.756 e. The standard InChI is InChI=1S/C20H23FN11O11PS/c21-8-12-7(41-18(8)31-4-26-9-14(22)24-3-25-15(9)31)2-39-44(35,36)42-13-11(33)6(1-28-45(37,38)43-12)40-19(13)32-5-27-10-16(32)29-20(23)30-17(10)34/h3-8,11-13,18-19,28,33H,1-2H2,(H,35,36)(H2,22,24,25)(H3,23,29,30,34)/p-1/t6-,7-,8-,11-,12-,13-,18-,19-/m1/s1. The molecule has 0 aromatic carbocycles. The minimum Gasteiger partial charge on any atom is -0.756 e. The van der Waals surface area contributed by atoms with E-state index in [-0.39, 0.29) is 34.1 Å². The smallest absolute Gasteiger partial charge is 0.336 e. The summed E-state index contributed by atoms with van der Waals surface area (Å²) in [7, 11) is -10.2. The van der Waals surface area contributed by atoms with Crippen molar-refractivity contribution in [2.24, 2.45) is 0 Å². The molecule has 9 atom stereocenters. The third-order valence-electron chi connectivity index (χ3n) is 7.31. The number of aliphatic hydroxyl groups is 1. The Morgan fingerprint density at radius 2 is 1.76 bits per heavy atom. The number of ether oxygens (including phenoxy) is 2. The molecule has 4 aromatic heterocycles. The summed E-state index contributed by atoms with van der Waals surface area (Å²) < 4.78 is 85.7. The van der Waals surface area contributed by atoms with Gasteiger partial charge in [0.05, 0.1) is 19.3 Å². The van der Waals surface area contributed by atoms with Gasteiger partial charge in [-0.3, -0.25) is 23.5 Å². The Kier molecular flexibility index (Phi) is 7.12. The van der Waals surface area contributed by atoms with Gasteiger partial charge in [0.15, 0.2) is 41.3 Å². The summed E-state index contributed by atoms with van der Waals surface area (Å²) in [5.41, 5.74) is 10.5. The van der Waals surface area contributed by atoms with E-state index in [1.54, 1.807) is 0 Å². The predicted molar refractivity (Wildman–Crippen MR) is 141 cm³/mol. The number of nitrogens with zero attached hydrogens (tertiary/aromatic N) is 7. The van der Waals surface area contributed by atoms with Gasteiger partial charge in [0.1, 0.15) is 42.4 Å². The monoisotopic (exact) mass is 674 g/mol. The second-order valence-electron chi connectivity index (χ2n) is 10.1. The second-order valence-corrected chi connectivity index (χ2v) is 12.9. The zero-order chi connectivity index (χ0) is 31.8. The summed E-state index contributed by atoms with van der Waals surface area (Å²) in [6.45, 7) is -1.69. The van der Waals surface area contributed by atoms with Crippen LogP contribution in [-0.4, -0.2) is 102 Å². The maximum atomic E-state index is 15.9. The van der Waals surface area contributed by atoms with Gasteiger partial charge in [-0.2, -0.15) is 18.1 Å². The second kappa shape index (κ2) is 10.7. The van der Waals surface area contributed by atoms with Crippen molar-refractivity contribution in [3.05, 3.63) is 29.3 Å². The summed E-state index contributed by atoms with van der Waals surface area (Å²) in [5, 5.41) is 11.0. The number of fused-ring (bicyclic) bond motifs is 5. The quantitative estimate of drug-likeness (QED) is 0.130.